The van der Waals surface area contributed by atoms with Crippen molar-refractivity contribution in [1.29, 1.82) is 0 Å². The molecule has 0 radical (unpaired) electrons. The lowest BCUT2D eigenvalue weighted by Crippen LogP contribution is -2.48. The predicted octanol–water partition coefficient (Wildman–Crippen LogP) is 2.79. The van der Waals surface area contributed by atoms with Crippen molar-refractivity contribution in [3.63, 3.8) is 0 Å². The zero-order valence-corrected chi connectivity index (χ0v) is 17.2. The van der Waals surface area contributed by atoms with Crippen molar-refractivity contribution in [3.05, 3.63) is 72.4 Å². The van der Waals surface area contributed by atoms with Crippen LogP contribution >= 0.6 is 0 Å². The van der Waals surface area contributed by atoms with Crippen LogP contribution in [0.1, 0.15) is 10.4 Å². The molecule has 0 N–H and O–H groups in total. The highest BCUT2D eigenvalue weighted by atomic mass is 16.5. The summed E-state index contributed by atoms with van der Waals surface area (Å²) in [6.07, 6.45) is 1.71. The van der Waals surface area contributed by atoms with Crippen molar-refractivity contribution in [2.75, 3.05) is 38.2 Å². The zero-order chi connectivity index (χ0) is 21.2. The molecule has 8 nitrogen and oxygen atoms in total. The van der Waals surface area contributed by atoms with Gasteiger partial charge in [0.1, 0.15) is 11.3 Å². The molecule has 1 saturated heterocycles. The van der Waals surface area contributed by atoms with Crippen LogP contribution < -0.4 is 9.64 Å². The Bertz CT molecular complexity index is 1210. The van der Waals surface area contributed by atoms with Crippen LogP contribution in [0.15, 0.2) is 66.9 Å². The number of aromatic nitrogens is 4. The van der Waals surface area contributed by atoms with Gasteiger partial charge in [0.25, 0.3) is 5.91 Å². The second-order valence-corrected chi connectivity index (χ2v) is 7.37. The summed E-state index contributed by atoms with van der Waals surface area (Å²) in [7, 11) is 1.66. The summed E-state index contributed by atoms with van der Waals surface area (Å²) in [5, 5.41) is 8.35. The first-order valence-electron chi connectivity index (χ1n) is 10.2. The molecular formula is C23H22N6O2. The summed E-state index contributed by atoms with van der Waals surface area (Å²) in [4.78, 5) is 21.7. The van der Waals surface area contributed by atoms with Gasteiger partial charge in [-0.25, -0.2) is 4.98 Å². The summed E-state index contributed by atoms with van der Waals surface area (Å²) < 4.78 is 6.89. The molecule has 1 aliphatic heterocycles. The average Bonchev–Trinajstić information content (AvgIpc) is 3.28. The molecule has 0 saturated carbocycles. The quantitative estimate of drug-likeness (QED) is 0.511. The van der Waals surface area contributed by atoms with Crippen molar-refractivity contribution in [1.82, 2.24) is 24.9 Å². The van der Waals surface area contributed by atoms with E-state index in [1.807, 2.05) is 53.4 Å². The number of nitrogens with zero attached hydrogens (tertiary/aromatic N) is 6. The highest BCUT2D eigenvalue weighted by molar-refractivity contribution is 5.95. The third kappa shape index (κ3) is 3.68. The lowest BCUT2D eigenvalue weighted by molar-refractivity contribution is 0.0746. The summed E-state index contributed by atoms with van der Waals surface area (Å²) in [5.74, 6) is 0.862. The van der Waals surface area contributed by atoms with Gasteiger partial charge in [-0.2, -0.15) is 4.68 Å². The van der Waals surface area contributed by atoms with E-state index < -0.39 is 0 Å². The van der Waals surface area contributed by atoms with Gasteiger partial charge in [0.2, 0.25) is 0 Å². The van der Waals surface area contributed by atoms with E-state index in [4.69, 9.17) is 4.74 Å². The Kier molecular flexibility index (Phi) is 4.95. The number of methoxy groups -OCH3 is 1. The number of pyridine rings is 1. The first kappa shape index (κ1) is 19.0. The fraction of sp³-hybridized carbons (Fsp3) is 0.217. The molecule has 0 aliphatic carbocycles. The summed E-state index contributed by atoms with van der Waals surface area (Å²) in [6, 6.07) is 19.2. The minimum absolute atomic E-state index is 0.0219. The molecule has 1 amide bonds. The molecule has 0 spiro atoms. The third-order valence-electron chi connectivity index (χ3n) is 5.55. The van der Waals surface area contributed by atoms with Crippen molar-refractivity contribution in [2.45, 2.75) is 0 Å². The van der Waals surface area contributed by atoms with Gasteiger partial charge >= 0.3 is 0 Å². The number of fused-ring (bicyclic) bond motifs is 1. The Labute approximate surface area is 179 Å². The number of hydrogen-bond donors (Lipinski definition) is 0. The normalized spacial score (nSPS) is 14.1. The predicted molar refractivity (Wildman–Crippen MR) is 118 cm³/mol. The molecule has 2 aromatic heterocycles. The Morgan fingerprint density at radius 1 is 0.935 bits per heavy atom. The summed E-state index contributed by atoms with van der Waals surface area (Å²) >= 11 is 0. The van der Waals surface area contributed by atoms with Crippen LogP contribution in [0, 0.1) is 0 Å². The summed E-state index contributed by atoms with van der Waals surface area (Å²) in [5.41, 5.74) is 3.92. The number of carbonyl (C=O) groups excluding carboxylic acids is 1. The van der Waals surface area contributed by atoms with E-state index in [0.29, 0.717) is 29.8 Å². The second kappa shape index (κ2) is 8.06. The fourth-order valence-corrected chi connectivity index (χ4v) is 3.85. The minimum atomic E-state index is 0.0219. The molecule has 8 heteroatoms. The van der Waals surface area contributed by atoms with Gasteiger partial charge in [0, 0.05) is 43.6 Å². The number of amides is 1. The number of rotatable bonds is 4. The maximum absolute atomic E-state index is 13.1. The number of ether oxygens (including phenoxy) is 1. The van der Waals surface area contributed by atoms with Gasteiger partial charge in [-0.3, -0.25) is 4.79 Å². The lowest BCUT2D eigenvalue weighted by atomic mass is 10.1. The van der Waals surface area contributed by atoms with Crippen molar-refractivity contribution in [2.24, 2.45) is 0 Å². The van der Waals surface area contributed by atoms with E-state index in [2.05, 4.69) is 32.3 Å². The van der Waals surface area contributed by atoms with Gasteiger partial charge in [0.15, 0.2) is 5.65 Å². The molecule has 2 aromatic carbocycles. The second-order valence-electron chi connectivity index (χ2n) is 7.37. The minimum Gasteiger partial charge on any atom is -0.497 e. The Morgan fingerprint density at radius 3 is 2.52 bits per heavy atom. The highest BCUT2D eigenvalue weighted by Crippen LogP contribution is 2.22. The number of piperazine rings is 1. The van der Waals surface area contributed by atoms with E-state index >= 15 is 0 Å². The van der Waals surface area contributed by atoms with Gasteiger partial charge in [0.05, 0.1) is 12.8 Å². The van der Waals surface area contributed by atoms with Crippen LogP contribution in [-0.2, 0) is 0 Å². The van der Waals surface area contributed by atoms with Gasteiger partial charge in [-0.05, 0) is 54.6 Å². The van der Waals surface area contributed by atoms with E-state index in [-0.39, 0.29) is 5.91 Å². The SMILES string of the molecule is COc1ccc(N2CCN(C(=O)c3cccc(-n4nnc5cccnc54)c3)CC2)cc1. The number of benzene rings is 2. The van der Waals surface area contributed by atoms with Crippen LogP contribution in [0.4, 0.5) is 5.69 Å². The molecule has 5 rings (SSSR count). The summed E-state index contributed by atoms with van der Waals surface area (Å²) in [6.45, 7) is 2.91. The highest BCUT2D eigenvalue weighted by Gasteiger charge is 2.23. The van der Waals surface area contributed by atoms with E-state index in [1.54, 1.807) is 18.0 Å². The van der Waals surface area contributed by atoms with Crippen molar-refractivity contribution >= 4 is 22.8 Å². The van der Waals surface area contributed by atoms with Crippen LogP contribution in [-0.4, -0.2) is 64.1 Å². The fourth-order valence-electron chi connectivity index (χ4n) is 3.85. The molecular weight excluding hydrogens is 392 g/mol. The molecule has 31 heavy (non-hydrogen) atoms. The average molecular weight is 414 g/mol. The van der Waals surface area contributed by atoms with Gasteiger partial charge in [-0.1, -0.05) is 11.3 Å². The third-order valence-corrected chi connectivity index (χ3v) is 5.55. The van der Waals surface area contributed by atoms with Crippen LogP contribution in [0.5, 0.6) is 5.75 Å². The molecule has 3 heterocycles. The number of hydrogen-bond acceptors (Lipinski definition) is 6. The lowest BCUT2D eigenvalue weighted by Gasteiger charge is -2.36. The first-order valence-corrected chi connectivity index (χ1v) is 10.2. The molecule has 0 atom stereocenters. The van der Waals surface area contributed by atoms with Gasteiger partial charge in [-0.15, -0.1) is 5.10 Å². The molecule has 4 aromatic rings. The smallest absolute Gasteiger partial charge is 0.254 e. The van der Waals surface area contributed by atoms with Crippen molar-refractivity contribution < 1.29 is 9.53 Å². The van der Waals surface area contributed by atoms with Crippen LogP contribution in [0.3, 0.4) is 0 Å². The van der Waals surface area contributed by atoms with Crippen LogP contribution in [0.25, 0.3) is 16.9 Å². The van der Waals surface area contributed by atoms with E-state index in [1.165, 1.54) is 0 Å². The first-order chi connectivity index (χ1) is 15.2. The van der Waals surface area contributed by atoms with Crippen LogP contribution in [0.2, 0.25) is 0 Å². The maximum atomic E-state index is 13.1. The molecule has 0 unspecified atom stereocenters. The number of carbonyl (C=O) groups is 1. The number of anilines is 1. The zero-order valence-electron chi connectivity index (χ0n) is 17.2. The Morgan fingerprint density at radius 2 is 1.74 bits per heavy atom. The largest absolute Gasteiger partial charge is 0.497 e. The van der Waals surface area contributed by atoms with E-state index in [9.17, 15) is 4.79 Å². The Balaban J connectivity index is 1.30. The molecule has 1 aliphatic rings. The standard InChI is InChI=1S/C23H22N6O2/c1-31-20-9-7-18(8-10-20)27-12-14-28(15-13-27)23(30)17-4-2-5-19(16-17)29-22-21(25-26-29)6-3-11-24-22/h2-11,16H,12-15H2,1H3. The van der Waals surface area contributed by atoms with E-state index in [0.717, 1.165) is 30.2 Å². The molecule has 156 valence electrons. The molecule has 1 fully saturated rings. The Hall–Kier alpha value is -3.94. The van der Waals surface area contributed by atoms with Gasteiger partial charge < -0.3 is 14.5 Å². The topological polar surface area (TPSA) is 76.4 Å². The monoisotopic (exact) mass is 414 g/mol. The maximum Gasteiger partial charge on any atom is 0.254 e. The van der Waals surface area contributed by atoms with Crippen molar-refractivity contribution in [3.8, 4) is 11.4 Å². The molecule has 0 bridgehead atoms.